The lowest BCUT2D eigenvalue weighted by Gasteiger charge is -2.26. The topological polar surface area (TPSA) is 97.1 Å². The van der Waals surface area contributed by atoms with Gasteiger partial charge in [0.05, 0.1) is 27.7 Å². The number of ether oxygens (including phenoxy) is 1. The summed E-state index contributed by atoms with van der Waals surface area (Å²) in [6.07, 6.45) is -1.17. The fourth-order valence-corrected chi connectivity index (χ4v) is 3.88. The minimum Gasteiger partial charge on any atom is -0.393 e. The number of imidazole rings is 1. The summed E-state index contributed by atoms with van der Waals surface area (Å²) in [6, 6.07) is -0.494. The predicted octanol–water partition coefficient (Wildman–Crippen LogP) is 3.66. The smallest absolute Gasteiger partial charge is 0.224 e. The lowest BCUT2D eigenvalue weighted by Crippen LogP contribution is -2.29. The Labute approximate surface area is 186 Å². The van der Waals surface area contributed by atoms with E-state index < -0.39 is 41.6 Å². The van der Waals surface area contributed by atoms with Crippen molar-refractivity contribution in [1.82, 2.24) is 19.5 Å². The summed E-state index contributed by atoms with van der Waals surface area (Å²) >= 11 is 0. The van der Waals surface area contributed by atoms with E-state index in [1.54, 1.807) is 4.57 Å². The molecule has 0 radical (unpaired) electrons. The highest BCUT2D eigenvalue weighted by atomic mass is 19.1. The maximum atomic E-state index is 14.3. The van der Waals surface area contributed by atoms with Crippen LogP contribution in [0.1, 0.15) is 42.2 Å². The van der Waals surface area contributed by atoms with Gasteiger partial charge in [0.2, 0.25) is 11.9 Å². The van der Waals surface area contributed by atoms with Crippen molar-refractivity contribution in [3.05, 3.63) is 35.8 Å². The van der Waals surface area contributed by atoms with Crippen molar-refractivity contribution in [3.63, 3.8) is 0 Å². The maximum Gasteiger partial charge on any atom is 0.224 e. The zero-order valence-corrected chi connectivity index (χ0v) is 16.9. The van der Waals surface area contributed by atoms with Crippen LogP contribution in [0.25, 0.3) is 11.2 Å². The Morgan fingerprint density at radius 3 is 2.69 bits per heavy atom. The Hall–Kier alpha value is -2.92. The van der Waals surface area contributed by atoms with Crippen molar-refractivity contribution in [2.75, 3.05) is 23.8 Å². The predicted molar refractivity (Wildman–Crippen MR) is 111 cm³/mol. The van der Waals surface area contributed by atoms with Gasteiger partial charge in [0.15, 0.2) is 17.3 Å². The molecule has 5 rings (SSSR count). The van der Waals surface area contributed by atoms with Gasteiger partial charge in [-0.25, -0.2) is 23.1 Å². The van der Waals surface area contributed by atoms with Gasteiger partial charge in [-0.15, -0.1) is 0 Å². The van der Waals surface area contributed by atoms with Crippen LogP contribution >= 0.6 is 0 Å². The number of aliphatic hydroxyl groups is 1. The molecule has 32 heavy (non-hydrogen) atoms. The molecule has 0 spiro atoms. The number of aromatic nitrogens is 4. The normalized spacial score (nSPS) is 31.8. The number of anilines is 3. The van der Waals surface area contributed by atoms with Crippen LogP contribution in [0.5, 0.6) is 0 Å². The van der Waals surface area contributed by atoms with E-state index in [-0.39, 0.29) is 37.2 Å². The second-order valence-corrected chi connectivity index (χ2v) is 7.72. The number of nitrogens with zero attached hydrogens (tertiary/aromatic N) is 4. The fraction of sp³-hybridized carbons (Fsp3) is 0.476. The number of rotatable bonds is 5. The molecule has 2 fully saturated rings. The molecule has 3 heterocycles. The van der Waals surface area contributed by atoms with Gasteiger partial charge >= 0.3 is 0 Å². The summed E-state index contributed by atoms with van der Waals surface area (Å²) in [6.45, 7) is 0.780. The molecule has 11 heteroatoms. The number of halogens is 3. The highest BCUT2D eigenvalue weighted by Crippen LogP contribution is 2.32. The van der Waals surface area contributed by atoms with E-state index in [2.05, 4.69) is 25.6 Å². The average Bonchev–Trinajstić information content (AvgIpc) is 3.41. The molecule has 1 saturated heterocycles. The van der Waals surface area contributed by atoms with E-state index in [0.717, 1.165) is 0 Å². The van der Waals surface area contributed by atoms with Crippen molar-refractivity contribution >= 4 is 28.7 Å². The largest absolute Gasteiger partial charge is 0.393 e. The van der Waals surface area contributed by atoms with Crippen molar-refractivity contribution < 1.29 is 27.1 Å². The van der Waals surface area contributed by atoms with Crippen molar-refractivity contribution in [2.24, 2.45) is 0 Å². The standard InChI is InChI=1S/C21H23F3N6O2/c22-11-7-15(23)18(16(24)8-11)28-21-27-17-9-25-20(26-12-1-3-14(31)4-2-12)29-19(17)30(21)13-5-6-32-10-13/h7-9,12-14,31H,1-6,10H2,(H,27,28)(H,25,26,29)/i3D,12D,14D. The summed E-state index contributed by atoms with van der Waals surface area (Å²) in [5.74, 6) is -3.15. The monoisotopic (exact) mass is 451 g/mol. The quantitative estimate of drug-likeness (QED) is 0.545. The van der Waals surface area contributed by atoms with Crippen LogP contribution in [0.15, 0.2) is 18.3 Å². The average molecular weight is 451 g/mol. The van der Waals surface area contributed by atoms with Gasteiger partial charge in [-0.2, -0.15) is 4.98 Å². The summed E-state index contributed by atoms with van der Waals surface area (Å²) in [5.41, 5.74) is 0.0709. The number of hydrogen-bond donors (Lipinski definition) is 3. The summed E-state index contributed by atoms with van der Waals surface area (Å²) in [4.78, 5) is 13.1. The van der Waals surface area contributed by atoms with Crippen molar-refractivity contribution in [2.45, 2.75) is 50.2 Å². The van der Waals surface area contributed by atoms with Gasteiger partial charge in [-0.05, 0) is 32.1 Å². The summed E-state index contributed by atoms with van der Waals surface area (Å²) in [5, 5.41) is 15.5. The van der Waals surface area contributed by atoms with Crippen LogP contribution < -0.4 is 10.6 Å². The molecule has 2 aromatic heterocycles. The second-order valence-electron chi connectivity index (χ2n) is 7.72. The van der Waals surface area contributed by atoms with E-state index in [1.165, 1.54) is 6.20 Å². The molecule has 0 bridgehead atoms. The Morgan fingerprint density at radius 1 is 1.16 bits per heavy atom. The molecular formula is C21H23F3N6O2. The highest BCUT2D eigenvalue weighted by molar-refractivity contribution is 5.76. The first-order valence-electron chi connectivity index (χ1n) is 11.8. The van der Waals surface area contributed by atoms with Gasteiger partial charge in [-0.1, -0.05) is 0 Å². The minimum absolute atomic E-state index is 0.0554. The van der Waals surface area contributed by atoms with Crippen LogP contribution in [0.2, 0.25) is 0 Å². The van der Waals surface area contributed by atoms with Crippen LogP contribution in [0, 0.1) is 17.5 Å². The Morgan fingerprint density at radius 2 is 1.97 bits per heavy atom. The van der Waals surface area contributed by atoms with E-state index in [1.807, 2.05) is 0 Å². The Kier molecular flexibility index (Phi) is 4.71. The molecule has 1 aromatic carbocycles. The number of benzene rings is 1. The molecule has 4 atom stereocenters. The molecule has 3 N–H and O–H groups in total. The molecule has 1 aliphatic carbocycles. The first-order chi connectivity index (χ1) is 16.5. The van der Waals surface area contributed by atoms with Gasteiger partial charge in [0.1, 0.15) is 17.0 Å². The SMILES string of the molecule is [2H]C1CC([2H])(Nc2ncc3nc(Nc4c(F)cc(F)cc4F)n(C4CCOC4)c3n2)CCC1([2H])O. The van der Waals surface area contributed by atoms with Gasteiger partial charge in [0.25, 0.3) is 0 Å². The van der Waals surface area contributed by atoms with Crippen LogP contribution in [0.4, 0.5) is 30.8 Å². The zero-order valence-electron chi connectivity index (χ0n) is 19.9. The number of hydrogen-bond acceptors (Lipinski definition) is 7. The molecular weight excluding hydrogens is 425 g/mol. The maximum absolute atomic E-state index is 14.3. The van der Waals surface area contributed by atoms with Crippen LogP contribution in [-0.4, -0.2) is 49.9 Å². The molecule has 4 unspecified atom stereocenters. The van der Waals surface area contributed by atoms with Gasteiger partial charge < -0.3 is 20.5 Å². The summed E-state index contributed by atoms with van der Waals surface area (Å²) < 4.78 is 73.5. The molecule has 2 aliphatic rings. The summed E-state index contributed by atoms with van der Waals surface area (Å²) in [7, 11) is 0. The fourth-order valence-electron chi connectivity index (χ4n) is 3.88. The van der Waals surface area contributed by atoms with E-state index in [0.29, 0.717) is 42.9 Å². The Balaban J connectivity index is 1.51. The molecule has 1 aliphatic heterocycles. The Bertz CT molecular complexity index is 1250. The first-order valence-corrected chi connectivity index (χ1v) is 10.2. The molecule has 170 valence electrons. The van der Waals surface area contributed by atoms with Gasteiger partial charge in [-0.3, -0.25) is 4.57 Å². The van der Waals surface area contributed by atoms with Gasteiger partial charge in [0, 0.05) is 26.1 Å². The number of fused-ring (bicyclic) bond motifs is 1. The van der Waals surface area contributed by atoms with E-state index in [4.69, 9.17) is 8.85 Å². The minimum atomic E-state index is -1.91. The lowest BCUT2D eigenvalue weighted by atomic mass is 9.93. The van der Waals surface area contributed by atoms with Crippen LogP contribution in [0.3, 0.4) is 0 Å². The third-order valence-corrected chi connectivity index (χ3v) is 5.50. The van der Waals surface area contributed by atoms with E-state index >= 15 is 0 Å². The first kappa shape index (κ1) is 17.6. The second kappa shape index (κ2) is 8.55. The third kappa shape index (κ3) is 4.09. The molecule has 1 saturated carbocycles. The van der Waals surface area contributed by atoms with E-state index in [9.17, 15) is 18.3 Å². The molecule has 3 aromatic rings. The zero-order chi connectivity index (χ0) is 25.0. The van der Waals surface area contributed by atoms with Crippen molar-refractivity contribution in [3.8, 4) is 0 Å². The van der Waals surface area contributed by atoms with Crippen LogP contribution in [-0.2, 0) is 4.74 Å². The number of nitrogens with one attached hydrogen (secondary N) is 2. The third-order valence-electron chi connectivity index (χ3n) is 5.50. The lowest BCUT2D eigenvalue weighted by molar-refractivity contribution is 0.126. The van der Waals surface area contributed by atoms with Crippen molar-refractivity contribution in [1.29, 1.82) is 0 Å². The highest BCUT2D eigenvalue weighted by Gasteiger charge is 2.27. The molecule has 0 amide bonds. The molecule has 8 nitrogen and oxygen atoms in total.